The number of rotatable bonds is 3. The lowest BCUT2D eigenvalue weighted by Gasteiger charge is -2.28. The molecule has 1 aliphatic heterocycles. The van der Waals surface area contributed by atoms with Crippen molar-refractivity contribution in [3.63, 3.8) is 0 Å². The van der Waals surface area contributed by atoms with E-state index in [4.69, 9.17) is 0 Å². The van der Waals surface area contributed by atoms with E-state index in [1.165, 1.54) is 12.3 Å². The molecular formula is C14H18F3N3O. The molecule has 1 aromatic heterocycles. The summed E-state index contributed by atoms with van der Waals surface area (Å²) >= 11 is 0. The fraction of sp³-hybridized carbons (Fsp3) is 0.571. The van der Waals surface area contributed by atoms with Gasteiger partial charge in [-0.05, 0) is 45.1 Å². The minimum absolute atomic E-state index is 0.126. The number of carbonyl (C=O) groups excluding carboxylic acids is 1. The Balaban J connectivity index is 1.96. The molecule has 7 heteroatoms. The number of likely N-dealkylation sites (tertiary alicyclic amines) is 1. The molecule has 1 saturated heterocycles. The van der Waals surface area contributed by atoms with Crippen molar-refractivity contribution >= 4 is 5.91 Å². The van der Waals surface area contributed by atoms with Gasteiger partial charge in [-0.1, -0.05) is 0 Å². The van der Waals surface area contributed by atoms with Gasteiger partial charge in [0.05, 0.1) is 17.8 Å². The summed E-state index contributed by atoms with van der Waals surface area (Å²) in [5.41, 5.74) is -0.944. The number of hydrogen-bond donors (Lipinski definition) is 1. The van der Waals surface area contributed by atoms with Crippen molar-refractivity contribution in [3.8, 4) is 0 Å². The van der Waals surface area contributed by atoms with E-state index in [9.17, 15) is 18.0 Å². The maximum atomic E-state index is 12.8. The van der Waals surface area contributed by atoms with Crippen LogP contribution in [0.5, 0.6) is 0 Å². The summed E-state index contributed by atoms with van der Waals surface area (Å²) < 4.78 is 38.4. The van der Waals surface area contributed by atoms with Crippen LogP contribution >= 0.6 is 0 Å². The van der Waals surface area contributed by atoms with E-state index in [0.29, 0.717) is 0 Å². The number of piperidine rings is 1. The third-order valence-electron chi connectivity index (χ3n) is 3.72. The largest absolute Gasteiger partial charge is 0.418 e. The van der Waals surface area contributed by atoms with Crippen LogP contribution in [0.3, 0.4) is 0 Å². The fourth-order valence-corrected chi connectivity index (χ4v) is 2.42. The highest BCUT2D eigenvalue weighted by Gasteiger charge is 2.34. The van der Waals surface area contributed by atoms with E-state index in [1.807, 2.05) is 7.05 Å². The van der Waals surface area contributed by atoms with Crippen LogP contribution in [0.1, 0.15) is 24.1 Å². The Morgan fingerprint density at radius 2 is 2.10 bits per heavy atom. The number of alkyl halides is 3. The highest BCUT2D eigenvalue weighted by molar-refractivity contribution is 5.78. The highest BCUT2D eigenvalue weighted by atomic mass is 19.4. The number of nitrogens with one attached hydrogen (secondary N) is 1. The van der Waals surface area contributed by atoms with Crippen LogP contribution < -0.4 is 5.32 Å². The van der Waals surface area contributed by atoms with Crippen molar-refractivity contribution in [2.75, 3.05) is 20.1 Å². The number of amides is 1. The van der Waals surface area contributed by atoms with E-state index in [0.717, 1.165) is 32.0 Å². The van der Waals surface area contributed by atoms with Gasteiger partial charge >= 0.3 is 6.18 Å². The molecule has 0 atom stereocenters. The van der Waals surface area contributed by atoms with E-state index in [-0.39, 0.29) is 24.1 Å². The average molecular weight is 301 g/mol. The van der Waals surface area contributed by atoms with Gasteiger partial charge in [-0.2, -0.15) is 13.2 Å². The van der Waals surface area contributed by atoms with E-state index in [1.54, 1.807) is 0 Å². The van der Waals surface area contributed by atoms with Crippen molar-refractivity contribution in [2.24, 2.45) is 5.92 Å². The normalized spacial score (nSPS) is 17.7. The molecule has 0 radical (unpaired) electrons. The van der Waals surface area contributed by atoms with E-state index in [2.05, 4.69) is 15.2 Å². The monoisotopic (exact) mass is 301 g/mol. The summed E-state index contributed by atoms with van der Waals surface area (Å²) in [5, 5.41) is 2.58. The van der Waals surface area contributed by atoms with Gasteiger partial charge in [-0.3, -0.25) is 9.78 Å². The first-order valence-electron chi connectivity index (χ1n) is 6.85. The first-order chi connectivity index (χ1) is 9.88. The first kappa shape index (κ1) is 15.8. The number of hydrogen-bond acceptors (Lipinski definition) is 3. The first-order valence-corrected chi connectivity index (χ1v) is 6.85. The smallest absolute Gasteiger partial charge is 0.350 e. The van der Waals surface area contributed by atoms with Crippen LogP contribution in [0.2, 0.25) is 0 Å². The molecule has 0 saturated carbocycles. The lowest BCUT2D eigenvalue weighted by molar-refractivity contribution is -0.139. The van der Waals surface area contributed by atoms with E-state index < -0.39 is 11.7 Å². The van der Waals surface area contributed by atoms with Gasteiger partial charge in [0, 0.05) is 12.1 Å². The Labute approximate surface area is 121 Å². The summed E-state index contributed by atoms with van der Waals surface area (Å²) in [6.45, 7) is 1.46. The Morgan fingerprint density at radius 1 is 1.43 bits per heavy atom. The molecule has 0 aromatic carbocycles. The van der Waals surface area contributed by atoms with Gasteiger partial charge in [-0.25, -0.2) is 0 Å². The quantitative estimate of drug-likeness (QED) is 0.929. The molecule has 0 unspecified atom stereocenters. The molecule has 1 fully saturated rings. The van der Waals surface area contributed by atoms with Gasteiger partial charge in [0.2, 0.25) is 5.91 Å². The second-order valence-corrected chi connectivity index (χ2v) is 5.29. The van der Waals surface area contributed by atoms with Crippen LogP contribution in [0.4, 0.5) is 13.2 Å². The van der Waals surface area contributed by atoms with Crippen molar-refractivity contribution in [2.45, 2.75) is 25.6 Å². The zero-order valence-electron chi connectivity index (χ0n) is 11.8. The van der Waals surface area contributed by atoms with Gasteiger partial charge in [0.25, 0.3) is 0 Å². The molecule has 116 valence electrons. The molecule has 0 bridgehead atoms. The number of nitrogens with zero attached hydrogens (tertiary/aromatic N) is 2. The van der Waals surface area contributed by atoms with Crippen LogP contribution in [0, 0.1) is 5.92 Å². The third-order valence-corrected chi connectivity index (χ3v) is 3.72. The molecular weight excluding hydrogens is 283 g/mol. The number of halogens is 3. The molecule has 1 amide bonds. The average Bonchev–Trinajstić information content (AvgIpc) is 2.45. The molecule has 21 heavy (non-hydrogen) atoms. The number of pyridine rings is 1. The van der Waals surface area contributed by atoms with Gasteiger partial charge < -0.3 is 10.2 Å². The summed E-state index contributed by atoms with van der Waals surface area (Å²) in [6.07, 6.45) is -1.69. The standard InChI is InChI=1S/C14H18F3N3O/c1-20-7-4-10(5-8-20)13(21)19-9-12-11(14(15,16)17)3-2-6-18-12/h2-3,6,10H,4-5,7-9H2,1H3,(H,19,21). The maximum Gasteiger partial charge on any atom is 0.418 e. The van der Waals surface area contributed by atoms with Crippen molar-refractivity contribution < 1.29 is 18.0 Å². The Kier molecular flexibility index (Phi) is 4.82. The van der Waals surface area contributed by atoms with Gasteiger partial charge in [0.1, 0.15) is 0 Å². The lowest BCUT2D eigenvalue weighted by atomic mass is 9.96. The molecule has 1 aliphatic rings. The zero-order chi connectivity index (χ0) is 15.5. The SMILES string of the molecule is CN1CCC(C(=O)NCc2ncccc2C(F)(F)F)CC1. The zero-order valence-corrected chi connectivity index (χ0v) is 11.8. The topological polar surface area (TPSA) is 45.2 Å². The molecule has 2 rings (SSSR count). The van der Waals surface area contributed by atoms with Crippen molar-refractivity contribution in [3.05, 3.63) is 29.6 Å². The van der Waals surface area contributed by atoms with Crippen molar-refractivity contribution in [1.82, 2.24) is 15.2 Å². The van der Waals surface area contributed by atoms with E-state index >= 15 is 0 Å². The van der Waals surface area contributed by atoms with Gasteiger partial charge in [0.15, 0.2) is 0 Å². The molecule has 1 aromatic rings. The Bertz CT molecular complexity index is 496. The summed E-state index contributed by atoms with van der Waals surface area (Å²) in [4.78, 5) is 17.9. The lowest BCUT2D eigenvalue weighted by Crippen LogP contribution is -2.39. The van der Waals surface area contributed by atoms with Crippen LogP contribution in [-0.4, -0.2) is 35.9 Å². The summed E-state index contributed by atoms with van der Waals surface area (Å²) in [7, 11) is 1.98. The van der Waals surface area contributed by atoms with Crippen LogP contribution in [0.15, 0.2) is 18.3 Å². The minimum atomic E-state index is -4.46. The fourth-order valence-electron chi connectivity index (χ4n) is 2.42. The molecule has 2 heterocycles. The molecule has 4 nitrogen and oxygen atoms in total. The summed E-state index contributed by atoms with van der Waals surface area (Å²) in [5.74, 6) is -0.318. The minimum Gasteiger partial charge on any atom is -0.350 e. The van der Waals surface area contributed by atoms with Crippen LogP contribution in [-0.2, 0) is 17.5 Å². The second kappa shape index (κ2) is 6.43. The highest BCUT2D eigenvalue weighted by Crippen LogP contribution is 2.30. The predicted molar refractivity (Wildman–Crippen MR) is 71.3 cm³/mol. The molecule has 0 spiro atoms. The van der Waals surface area contributed by atoms with Crippen molar-refractivity contribution in [1.29, 1.82) is 0 Å². The maximum absolute atomic E-state index is 12.8. The predicted octanol–water partition coefficient (Wildman–Crippen LogP) is 2.06. The Morgan fingerprint density at radius 3 is 2.71 bits per heavy atom. The van der Waals surface area contributed by atoms with Crippen LogP contribution in [0.25, 0.3) is 0 Å². The summed E-state index contributed by atoms with van der Waals surface area (Å²) in [6, 6.07) is 2.22. The van der Waals surface area contributed by atoms with Gasteiger partial charge in [-0.15, -0.1) is 0 Å². The Hall–Kier alpha value is -1.63. The second-order valence-electron chi connectivity index (χ2n) is 5.29. The molecule has 1 N–H and O–H groups in total. The molecule has 0 aliphatic carbocycles. The number of aromatic nitrogens is 1. The number of carbonyl (C=O) groups is 1. The third kappa shape index (κ3) is 4.17.